The van der Waals surface area contributed by atoms with Crippen molar-refractivity contribution < 1.29 is 23.1 Å². The first-order valence-electron chi connectivity index (χ1n) is 12.0. The van der Waals surface area contributed by atoms with Crippen LogP contribution in [0.2, 0.25) is 0 Å². The molecule has 0 bridgehead atoms. The molecule has 0 radical (unpaired) electrons. The predicted octanol–water partition coefficient (Wildman–Crippen LogP) is 3.56. The maximum Gasteiger partial charge on any atom is 0.416 e. The topological polar surface area (TPSA) is 61.6 Å². The summed E-state index contributed by atoms with van der Waals surface area (Å²) in [6.45, 7) is 3.14. The predicted molar refractivity (Wildman–Crippen MR) is 120 cm³/mol. The standard InChI is InChI=1S/C25H31F3N4O2/c1-30-14-22(29-16-30)23(33)32(10-17-5-4-6-18(9-17)25(26,27)28)13-21-19-11-31(12-20(19)21)15-24(34)7-2-3-8-24/h4-6,9,14,16,19-21,34H,2-3,7-8,10-13,15H2,1H3. The Morgan fingerprint density at radius 3 is 2.56 bits per heavy atom. The highest BCUT2D eigenvalue weighted by Gasteiger charge is 2.56. The molecule has 5 rings (SSSR count). The van der Waals surface area contributed by atoms with E-state index in [1.807, 2.05) is 0 Å². The molecule has 34 heavy (non-hydrogen) atoms. The van der Waals surface area contributed by atoms with E-state index in [0.29, 0.717) is 42.1 Å². The number of aryl methyl sites for hydroxylation is 1. The van der Waals surface area contributed by atoms with E-state index in [0.717, 1.165) is 50.9 Å². The molecule has 184 valence electrons. The van der Waals surface area contributed by atoms with Gasteiger partial charge in [0.2, 0.25) is 0 Å². The second-order valence-corrected chi connectivity index (χ2v) is 10.4. The molecule has 3 fully saturated rings. The van der Waals surface area contributed by atoms with Gasteiger partial charge in [-0.1, -0.05) is 25.0 Å². The summed E-state index contributed by atoms with van der Waals surface area (Å²) in [4.78, 5) is 21.4. The van der Waals surface area contributed by atoms with Crippen molar-refractivity contribution in [3.05, 3.63) is 53.6 Å². The zero-order valence-corrected chi connectivity index (χ0v) is 19.3. The number of piperidine rings is 1. The summed E-state index contributed by atoms with van der Waals surface area (Å²) in [5.41, 5.74) is -0.518. The van der Waals surface area contributed by atoms with Crippen molar-refractivity contribution in [1.29, 1.82) is 0 Å². The molecule has 2 atom stereocenters. The van der Waals surface area contributed by atoms with Gasteiger partial charge in [-0.05, 0) is 48.3 Å². The summed E-state index contributed by atoms with van der Waals surface area (Å²) in [7, 11) is 1.78. The number of benzene rings is 1. The van der Waals surface area contributed by atoms with Gasteiger partial charge in [0.15, 0.2) is 0 Å². The van der Waals surface area contributed by atoms with Crippen LogP contribution < -0.4 is 0 Å². The maximum atomic E-state index is 13.2. The average molecular weight is 477 g/mol. The Labute approximate surface area is 197 Å². The lowest BCUT2D eigenvalue weighted by Gasteiger charge is -2.30. The fourth-order valence-corrected chi connectivity index (χ4v) is 5.97. The number of amides is 1. The molecular formula is C25H31F3N4O2. The van der Waals surface area contributed by atoms with Gasteiger partial charge in [0.25, 0.3) is 5.91 Å². The molecule has 2 unspecified atom stereocenters. The van der Waals surface area contributed by atoms with Crippen molar-refractivity contribution >= 4 is 5.91 Å². The first-order chi connectivity index (χ1) is 16.1. The van der Waals surface area contributed by atoms with Crippen LogP contribution in [-0.4, -0.2) is 62.1 Å². The van der Waals surface area contributed by atoms with E-state index in [1.54, 1.807) is 35.1 Å². The summed E-state index contributed by atoms with van der Waals surface area (Å²) >= 11 is 0. The van der Waals surface area contributed by atoms with Gasteiger partial charge < -0.3 is 14.6 Å². The molecule has 1 aromatic heterocycles. The Kier molecular flexibility index (Phi) is 5.96. The van der Waals surface area contributed by atoms with E-state index in [1.165, 1.54) is 6.07 Å². The van der Waals surface area contributed by atoms with Crippen LogP contribution in [0, 0.1) is 17.8 Å². The molecule has 0 spiro atoms. The number of hydrogen-bond acceptors (Lipinski definition) is 4. The number of carbonyl (C=O) groups is 1. The SMILES string of the molecule is Cn1cnc(C(=O)N(Cc2cccc(C(F)(F)F)c2)CC2C3CN(CC4(O)CCCC4)CC32)c1. The molecule has 1 N–H and O–H groups in total. The molecular weight excluding hydrogens is 445 g/mol. The third-order valence-electron chi connectivity index (χ3n) is 7.77. The van der Waals surface area contributed by atoms with Crippen LogP contribution in [0.4, 0.5) is 13.2 Å². The molecule has 2 saturated carbocycles. The van der Waals surface area contributed by atoms with Crippen molar-refractivity contribution in [3.63, 3.8) is 0 Å². The zero-order chi connectivity index (χ0) is 24.1. The van der Waals surface area contributed by atoms with Gasteiger partial charge in [-0.2, -0.15) is 13.2 Å². The number of alkyl halides is 3. The van der Waals surface area contributed by atoms with Gasteiger partial charge in [-0.15, -0.1) is 0 Å². The molecule has 1 aromatic carbocycles. The number of hydrogen-bond donors (Lipinski definition) is 1. The number of likely N-dealkylation sites (tertiary alicyclic amines) is 1. The van der Waals surface area contributed by atoms with E-state index in [4.69, 9.17) is 0 Å². The van der Waals surface area contributed by atoms with Crippen molar-refractivity contribution in [2.24, 2.45) is 24.8 Å². The van der Waals surface area contributed by atoms with Gasteiger partial charge in [-0.25, -0.2) is 4.98 Å². The van der Waals surface area contributed by atoms with Crippen LogP contribution in [0.1, 0.15) is 47.3 Å². The smallest absolute Gasteiger partial charge is 0.389 e. The minimum Gasteiger partial charge on any atom is -0.389 e. The highest BCUT2D eigenvalue weighted by Crippen LogP contribution is 2.52. The summed E-state index contributed by atoms with van der Waals surface area (Å²) < 4.78 is 41.3. The van der Waals surface area contributed by atoms with Crippen LogP contribution in [0.15, 0.2) is 36.8 Å². The lowest BCUT2D eigenvalue weighted by atomic mass is 10.0. The largest absolute Gasteiger partial charge is 0.416 e. The van der Waals surface area contributed by atoms with Gasteiger partial charge in [-0.3, -0.25) is 9.69 Å². The van der Waals surface area contributed by atoms with E-state index < -0.39 is 17.3 Å². The second kappa shape index (κ2) is 8.68. The number of fused-ring (bicyclic) bond motifs is 1. The molecule has 1 amide bonds. The first-order valence-corrected chi connectivity index (χ1v) is 12.0. The number of rotatable bonds is 7. The Morgan fingerprint density at radius 2 is 1.94 bits per heavy atom. The van der Waals surface area contributed by atoms with Crippen LogP contribution in [0.25, 0.3) is 0 Å². The number of aromatic nitrogens is 2. The van der Waals surface area contributed by atoms with Gasteiger partial charge in [0.1, 0.15) is 5.69 Å². The monoisotopic (exact) mass is 476 g/mol. The molecule has 9 heteroatoms. The number of carbonyl (C=O) groups excluding carboxylic acids is 1. The number of β-amino-alcohol motifs (C(OH)–C–C–N with tert-alkyl or cyclic N) is 1. The first kappa shape index (κ1) is 23.4. The van der Waals surface area contributed by atoms with E-state index >= 15 is 0 Å². The molecule has 6 nitrogen and oxygen atoms in total. The number of imidazole rings is 1. The van der Waals surface area contributed by atoms with Crippen LogP contribution in [0.3, 0.4) is 0 Å². The van der Waals surface area contributed by atoms with E-state index in [2.05, 4.69) is 9.88 Å². The van der Waals surface area contributed by atoms with E-state index in [9.17, 15) is 23.1 Å². The Hall–Kier alpha value is -2.39. The Morgan fingerprint density at radius 1 is 1.24 bits per heavy atom. The normalized spacial score (nSPS) is 26.0. The minimum absolute atomic E-state index is 0.110. The van der Waals surface area contributed by atoms with Crippen molar-refractivity contribution in [1.82, 2.24) is 19.4 Å². The minimum atomic E-state index is -4.42. The third-order valence-corrected chi connectivity index (χ3v) is 7.77. The summed E-state index contributed by atoms with van der Waals surface area (Å²) in [5, 5.41) is 10.7. The Bertz CT molecular complexity index is 1030. The Balaban J connectivity index is 1.26. The number of halogens is 3. The van der Waals surface area contributed by atoms with Gasteiger partial charge in [0.05, 0.1) is 17.5 Å². The molecule has 3 aliphatic rings. The second-order valence-electron chi connectivity index (χ2n) is 10.4. The quantitative estimate of drug-likeness (QED) is 0.664. The van der Waals surface area contributed by atoms with Crippen molar-refractivity contribution in [2.45, 2.75) is 44.0 Å². The number of nitrogens with zero attached hydrogens (tertiary/aromatic N) is 4. The average Bonchev–Trinajstić information content (AvgIpc) is 3.23. The highest BCUT2D eigenvalue weighted by atomic mass is 19.4. The third kappa shape index (κ3) is 4.86. The fraction of sp³-hybridized carbons (Fsp3) is 0.600. The molecule has 2 aromatic rings. The summed E-state index contributed by atoms with van der Waals surface area (Å²) in [6.07, 6.45) is 2.66. The van der Waals surface area contributed by atoms with Crippen molar-refractivity contribution in [2.75, 3.05) is 26.2 Å². The maximum absolute atomic E-state index is 13.2. The van der Waals surface area contributed by atoms with Crippen LogP contribution in [-0.2, 0) is 19.8 Å². The van der Waals surface area contributed by atoms with E-state index in [-0.39, 0.29) is 12.5 Å². The highest BCUT2D eigenvalue weighted by molar-refractivity contribution is 5.92. The lowest BCUT2D eigenvalue weighted by molar-refractivity contribution is -0.137. The van der Waals surface area contributed by atoms with Crippen LogP contribution in [0.5, 0.6) is 0 Å². The lowest BCUT2D eigenvalue weighted by Crippen LogP contribution is -2.42. The molecule has 1 aliphatic heterocycles. The fourth-order valence-electron chi connectivity index (χ4n) is 5.97. The number of aliphatic hydroxyl groups is 1. The van der Waals surface area contributed by atoms with Gasteiger partial charge in [0, 0.05) is 46.0 Å². The van der Waals surface area contributed by atoms with Gasteiger partial charge >= 0.3 is 6.18 Å². The molecule has 2 aliphatic carbocycles. The molecule has 2 heterocycles. The molecule has 1 saturated heterocycles. The summed E-state index contributed by atoms with van der Waals surface area (Å²) in [5.74, 6) is 0.990. The zero-order valence-electron chi connectivity index (χ0n) is 19.3. The van der Waals surface area contributed by atoms with Crippen LogP contribution >= 0.6 is 0 Å². The van der Waals surface area contributed by atoms with Crippen molar-refractivity contribution in [3.8, 4) is 0 Å². The summed E-state index contributed by atoms with van der Waals surface area (Å²) in [6, 6.07) is 5.19.